The fourth-order valence-electron chi connectivity index (χ4n) is 3.97. The SMILES string of the molecule is CCc1ccc(N)c(C=CCNC(=O)OCC2c3ccccc3-c3ccccc32)c1. The van der Waals surface area contributed by atoms with Gasteiger partial charge in [-0.3, -0.25) is 0 Å². The number of anilines is 1. The number of amides is 1. The van der Waals surface area contributed by atoms with Crippen molar-refractivity contribution in [1.29, 1.82) is 0 Å². The molecule has 1 amide bonds. The van der Waals surface area contributed by atoms with Crippen molar-refractivity contribution in [3.63, 3.8) is 0 Å². The van der Waals surface area contributed by atoms with E-state index in [0.29, 0.717) is 13.2 Å². The van der Waals surface area contributed by atoms with Crippen LogP contribution in [0.25, 0.3) is 17.2 Å². The number of rotatable bonds is 6. The minimum absolute atomic E-state index is 0.0651. The highest BCUT2D eigenvalue weighted by Crippen LogP contribution is 2.44. The van der Waals surface area contributed by atoms with E-state index in [4.69, 9.17) is 10.5 Å². The summed E-state index contributed by atoms with van der Waals surface area (Å²) in [5.74, 6) is 0.0651. The maximum absolute atomic E-state index is 12.2. The molecule has 3 aromatic rings. The predicted molar refractivity (Wildman–Crippen MR) is 122 cm³/mol. The summed E-state index contributed by atoms with van der Waals surface area (Å²) in [4.78, 5) is 12.2. The van der Waals surface area contributed by atoms with Gasteiger partial charge in [-0.15, -0.1) is 0 Å². The van der Waals surface area contributed by atoms with Crippen LogP contribution in [0.4, 0.5) is 10.5 Å². The topological polar surface area (TPSA) is 64.3 Å². The van der Waals surface area contributed by atoms with Crippen LogP contribution in [0, 0.1) is 0 Å². The summed E-state index contributed by atoms with van der Waals surface area (Å²) in [7, 11) is 0. The lowest BCUT2D eigenvalue weighted by atomic mass is 9.98. The first kappa shape index (κ1) is 19.8. The van der Waals surface area contributed by atoms with Gasteiger partial charge in [-0.25, -0.2) is 4.79 Å². The summed E-state index contributed by atoms with van der Waals surface area (Å²) < 4.78 is 5.54. The van der Waals surface area contributed by atoms with Crippen LogP contribution in [0.15, 0.2) is 72.8 Å². The number of nitrogen functional groups attached to an aromatic ring is 1. The minimum atomic E-state index is -0.420. The normalized spacial score (nSPS) is 12.6. The second-order valence-electron chi connectivity index (χ2n) is 7.43. The average Bonchev–Trinajstić information content (AvgIpc) is 3.10. The van der Waals surface area contributed by atoms with Gasteiger partial charge in [0.05, 0.1) is 0 Å². The lowest BCUT2D eigenvalue weighted by molar-refractivity contribution is 0.144. The van der Waals surface area contributed by atoms with Gasteiger partial charge in [0.15, 0.2) is 0 Å². The van der Waals surface area contributed by atoms with E-state index in [1.807, 2.05) is 48.6 Å². The van der Waals surface area contributed by atoms with Crippen molar-refractivity contribution < 1.29 is 9.53 Å². The van der Waals surface area contributed by atoms with E-state index in [9.17, 15) is 4.79 Å². The molecule has 1 aliphatic carbocycles. The first-order valence-electron chi connectivity index (χ1n) is 10.3. The Kier molecular flexibility index (Phi) is 5.84. The Bertz CT molecular complexity index is 1040. The van der Waals surface area contributed by atoms with Gasteiger partial charge in [0.25, 0.3) is 0 Å². The standard InChI is InChI=1S/C26H26N2O2/c1-2-18-13-14-25(27)19(16-18)8-7-15-28-26(29)30-17-24-22-11-5-3-9-20(22)21-10-4-6-12-23(21)24/h3-14,16,24H,2,15,17,27H2,1H3,(H,28,29). The number of hydrogen-bond acceptors (Lipinski definition) is 3. The zero-order valence-electron chi connectivity index (χ0n) is 17.1. The maximum atomic E-state index is 12.2. The molecule has 3 N–H and O–H groups in total. The molecule has 1 aliphatic rings. The molecule has 0 aliphatic heterocycles. The number of nitrogens with two attached hydrogens (primary N) is 1. The molecule has 0 unspecified atom stereocenters. The lowest BCUT2D eigenvalue weighted by Gasteiger charge is -2.14. The van der Waals surface area contributed by atoms with Crippen LogP contribution in [0.5, 0.6) is 0 Å². The summed E-state index contributed by atoms with van der Waals surface area (Å²) in [6.45, 7) is 2.80. The van der Waals surface area contributed by atoms with Crippen molar-refractivity contribution in [3.05, 3.63) is 95.1 Å². The zero-order valence-corrected chi connectivity index (χ0v) is 17.1. The van der Waals surface area contributed by atoms with E-state index in [2.05, 4.69) is 42.6 Å². The Morgan fingerprint density at radius 2 is 1.70 bits per heavy atom. The molecule has 152 valence electrons. The molecule has 0 atom stereocenters. The van der Waals surface area contributed by atoms with Gasteiger partial charge >= 0.3 is 6.09 Å². The van der Waals surface area contributed by atoms with E-state index in [0.717, 1.165) is 17.7 Å². The third-order valence-corrected chi connectivity index (χ3v) is 5.56. The Balaban J connectivity index is 1.34. The van der Waals surface area contributed by atoms with Crippen molar-refractivity contribution >= 4 is 17.9 Å². The van der Waals surface area contributed by atoms with Crippen LogP contribution in [0.3, 0.4) is 0 Å². The highest BCUT2D eigenvalue weighted by atomic mass is 16.5. The monoisotopic (exact) mass is 398 g/mol. The molecule has 0 saturated heterocycles. The fourth-order valence-corrected chi connectivity index (χ4v) is 3.97. The van der Waals surface area contributed by atoms with Gasteiger partial charge < -0.3 is 15.8 Å². The van der Waals surface area contributed by atoms with Gasteiger partial charge in [0.1, 0.15) is 6.61 Å². The van der Waals surface area contributed by atoms with Crippen molar-refractivity contribution in [1.82, 2.24) is 5.32 Å². The van der Waals surface area contributed by atoms with Gasteiger partial charge in [-0.2, -0.15) is 0 Å². The van der Waals surface area contributed by atoms with Crippen molar-refractivity contribution in [2.75, 3.05) is 18.9 Å². The number of hydrogen-bond donors (Lipinski definition) is 2. The first-order chi connectivity index (χ1) is 14.7. The second kappa shape index (κ2) is 8.87. The summed E-state index contributed by atoms with van der Waals surface area (Å²) in [6, 6.07) is 22.6. The first-order valence-corrected chi connectivity index (χ1v) is 10.3. The summed E-state index contributed by atoms with van der Waals surface area (Å²) in [5.41, 5.74) is 13.8. The Morgan fingerprint density at radius 1 is 1.03 bits per heavy atom. The Hall–Kier alpha value is -3.53. The maximum Gasteiger partial charge on any atom is 0.407 e. The molecule has 0 saturated carbocycles. The number of carbonyl (C=O) groups excluding carboxylic acids is 1. The van der Waals surface area contributed by atoms with Gasteiger partial charge in [0, 0.05) is 18.2 Å². The van der Waals surface area contributed by atoms with Crippen molar-refractivity contribution in [2.45, 2.75) is 19.3 Å². The van der Waals surface area contributed by atoms with Crippen LogP contribution < -0.4 is 11.1 Å². The van der Waals surface area contributed by atoms with Crippen LogP contribution in [-0.4, -0.2) is 19.2 Å². The summed E-state index contributed by atoms with van der Waals surface area (Å²) >= 11 is 0. The number of fused-ring (bicyclic) bond motifs is 3. The largest absolute Gasteiger partial charge is 0.449 e. The number of benzene rings is 3. The molecule has 30 heavy (non-hydrogen) atoms. The molecular weight excluding hydrogens is 372 g/mol. The lowest BCUT2D eigenvalue weighted by Crippen LogP contribution is -2.26. The number of carbonyl (C=O) groups is 1. The molecule has 0 aromatic heterocycles. The van der Waals surface area contributed by atoms with Crippen LogP contribution in [0.1, 0.15) is 35.1 Å². The summed E-state index contributed by atoms with van der Waals surface area (Å²) in [5, 5.41) is 2.78. The molecule has 4 rings (SSSR count). The molecule has 0 fully saturated rings. The fraction of sp³-hybridized carbons (Fsp3) is 0.192. The number of aryl methyl sites for hydroxylation is 1. The van der Waals surface area contributed by atoms with Crippen molar-refractivity contribution in [2.24, 2.45) is 0 Å². The predicted octanol–water partition coefficient (Wildman–Crippen LogP) is 5.38. The average molecular weight is 399 g/mol. The minimum Gasteiger partial charge on any atom is -0.449 e. The number of alkyl carbamates (subject to hydrolysis) is 1. The highest BCUT2D eigenvalue weighted by molar-refractivity contribution is 5.79. The molecular formula is C26H26N2O2. The molecule has 0 heterocycles. The molecule has 3 aromatic carbocycles. The second-order valence-corrected chi connectivity index (χ2v) is 7.43. The molecule has 4 nitrogen and oxygen atoms in total. The molecule has 0 bridgehead atoms. The Labute approximate surface area is 177 Å². The quantitative estimate of drug-likeness (QED) is 0.548. The van der Waals surface area contributed by atoms with E-state index >= 15 is 0 Å². The van der Waals surface area contributed by atoms with Crippen LogP contribution >= 0.6 is 0 Å². The number of ether oxygens (including phenoxy) is 1. The Morgan fingerprint density at radius 3 is 2.37 bits per heavy atom. The van der Waals surface area contributed by atoms with Gasteiger partial charge in [0.2, 0.25) is 0 Å². The van der Waals surface area contributed by atoms with Gasteiger partial charge in [-0.1, -0.05) is 73.7 Å². The zero-order chi connectivity index (χ0) is 20.9. The van der Waals surface area contributed by atoms with Crippen LogP contribution in [-0.2, 0) is 11.2 Å². The van der Waals surface area contributed by atoms with E-state index in [1.165, 1.54) is 27.8 Å². The van der Waals surface area contributed by atoms with E-state index in [1.54, 1.807) is 0 Å². The smallest absolute Gasteiger partial charge is 0.407 e. The molecule has 4 heteroatoms. The summed E-state index contributed by atoms with van der Waals surface area (Å²) in [6.07, 6.45) is 4.35. The van der Waals surface area contributed by atoms with Crippen LogP contribution in [0.2, 0.25) is 0 Å². The van der Waals surface area contributed by atoms with E-state index in [-0.39, 0.29) is 5.92 Å². The third kappa shape index (κ3) is 4.08. The van der Waals surface area contributed by atoms with Gasteiger partial charge in [-0.05, 0) is 51.9 Å². The van der Waals surface area contributed by atoms with E-state index < -0.39 is 6.09 Å². The molecule has 0 radical (unpaired) electrons. The van der Waals surface area contributed by atoms with Crippen molar-refractivity contribution in [3.8, 4) is 11.1 Å². The molecule has 0 spiro atoms. The highest BCUT2D eigenvalue weighted by Gasteiger charge is 2.28. The third-order valence-electron chi connectivity index (χ3n) is 5.56. The number of nitrogens with one attached hydrogen (secondary N) is 1.